The van der Waals surface area contributed by atoms with Crippen LogP contribution in [0.25, 0.3) is 0 Å². The van der Waals surface area contributed by atoms with Gasteiger partial charge in [0.15, 0.2) is 0 Å². The Morgan fingerprint density at radius 1 is 0.467 bits per heavy atom. The lowest BCUT2D eigenvalue weighted by molar-refractivity contribution is -0.663. The zero-order chi connectivity index (χ0) is 32.2. The zero-order valence-electron chi connectivity index (χ0n) is 28.6. The predicted molar refractivity (Wildman–Crippen MR) is 163 cm³/mol. The summed E-state index contributed by atoms with van der Waals surface area (Å²) in [6.45, 7) is 15.2. The van der Waals surface area contributed by atoms with E-state index in [-0.39, 0.29) is 23.0 Å². The van der Waals surface area contributed by atoms with Gasteiger partial charge in [-0.2, -0.15) is 39.1 Å². The minimum absolute atomic E-state index is 0.233. The van der Waals surface area contributed by atoms with E-state index in [0.29, 0.717) is 63.2 Å². The van der Waals surface area contributed by atoms with Crippen molar-refractivity contribution >= 4 is 7.60 Å². The highest BCUT2D eigenvalue weighted by Crippen LogP contribution is 2.54. The average Bonchev–Trinajstić information content (AvgIpc) is 2.99. The van der Waals surface area contributed by atoms with Crippen LogP contribution in [0, 0.1) is 22.7 Å². The first-order valence-electron chi connectivity index (χ1n) is 17.4. The van der Waals surface area contributed by atoms with Crippen molar-refractivity contribution in [2.75, 3.05) is 6.66 Å². The third-order valence-corrected chi connectivity index (χ3v) is 12.8. The van der Waals surface area contributed by atoms with Crippen LogP contribution in [-0.2, 0) is 52.7 Å². The standard InChI is InChI=1S/C33H57O11P/c1-28(2,3)24-8-16-30(17-9-24)37-41-32(42-38-30)20-12-26(13-21-32)35-45(7,34)36-27-14-22-33(23-15-27)43-39-31(40-44-33)18-10-25(11-19-31)29(4,5)6/h24-27H,8-23H2,1-7H3. The van der Waals surface area contributed by atoms with Crippen molar-refractivity contribution in [3.8, 4) is 0 Å². The molecule has 4 saturated carbocycles. The minimum Gasteiger partial charge on any atom is -0.305 e. The van der Waals surface area contributed by atoms with Crippen molar-refractivity contribution < 1.29 is 52.7 Å². The third-order valence-electron chi connectivity index (χ3n) is 11.4. The van der Waals surface area contributed by atoms with Crippen molar-refractivity contribution in [3.63, 3.8) is 0 Å². The molecular formula is C33H57O11P. The van der Waals surface area contributed by atoms with Gasteiger partial charge in [-0.1, -0.05) is 41.5 Å². The maximum atomic E-state index is 13.4. The van der Waals surface area contributed by atoms with E-state index >= 15 is 0 Å². The average molecular weight is 661 g/mol. The summed E-state index contributed by atoms with van der Waals surface area (Å²) in [4.78, 5) is 47.1. The fourth-order valence-electron chi connectivity index (χ4n) is 8.02. The van der Waals surface area contributed by atoms with Crippen molar-refractivity contribution in [3.05, 3.63) is 0 Å². The minimum atomic E-state index is -3.31. The van der Waals surface area contributed by atoms with E-state index in [1.165, 1.54) is 0 Å². The lowest BCUT2D eigenvalue weighted by atomic mass is 9.71. The molecule has 4 spiro atoms. The third kappa shape index (κ3) is 8.01. The van der Waals surface area contributed by atoms with Crippen LogP contribution in [0.15, 0.2) is 0 Å². The molecule has 260 valence electrons. The van der Waals surface area contributed by atoms with Gasteiger partial charge in [0, 0.05) is 58.0 Å². The van der Waals surface area contributed by atoms with Crippen LogP contribution in [0.4, 0.5) is 0 Å². The van der Waals surface area contributed by atoms with Crippen molar-refractivity contribution in [2.24, 2.45) is 22.7 Å². The molecule has 45 heavy (non-hydrogen) atoms. The van der Waals surface area contributed by atoms with E-state index in [4.69, 9.17) is 48.1 Å². The van der Waals surface area contributed by atoms with Gasteiger partial charge in [0.05, 0.1) is 12.2 Å². The Morgan fingerprint density at radius 3 is 0.911 bits per heavy atom. The van der Waals surface area contributed by atoms with Crippen LogP contribution in [-0.4, -0.2) is 42.0 Å². The Hall–Kier alpha value is -0.170. The first kappa shape index (κ1) is 34.7. The molecule has 0 radical (unpaired) electrons. The number of hydrogen-bond donors (Lipinski definition) is 0. The Balaban J connectivity index is 0.898. The van der Waals surface area contributed by atoms with Gasteiger partial charge in [-0.15, -0.1) is 0 Å². The van der Waals surface area contributed by atoms with Crippen LogP contribution in [0.3, 0.4) is 0 Å². The predicted octanol–water partition coefficient (Wildman–Crippen LogP) is 8.81. The highest BCUT2D eigenvalue weighted by atomic mass is 31.2. The van der Waals surface area contributed by atoms with Gasteiger partial charge in [-0.3, -0.25) is 4.57 Å². The highest BCUT2D eigenvalue weighted by molar-refractivity contribution is 7.53. The SMILES string of the molecule is CC(C)(C)C1CCC2(CC1)OOC1(CCC(OP(C)(=O)OC3CCC4(CC3)OOC3(CCC(C(C)(C)C)CC3)OO4)CC1)OO2. The first-order chi connectivity index (χ1) is 21.0. The second kappa shape index (κ2) is 12.6. The van der Waals surface area contributed by atoms with Gasteiger partial charge in [-0.25, -0.2) is 0 Å². The number of hydrogen-bond acceptors (Lipinski definition) is 11. The molecule has 6 rings (SSSR count). The molecule has 0 atom stereocenters. The summed E-state index contributed by atoms with van der Waals surface area (Å²) in [6, 6.07) is 0. The molecule has 2 aliphatic heterocycles. The van der Waals surface area contributed by atoms with Gasteiger partial charge in [0.25, 0.3) is 0 Å². The van der Waals surface area contributed by atoms with Crippen LogP contribution >= 0.6 is 7.60 Å². The van der Waals surface area contributed by atoms with E-state index in [1.807, 2.05) is 0 Å². The zero-order valence-corrected chi connectivity index (χ0v) is 29.5. The summed E-state index contributed by atoms with van der Waals surface area (Å²) < 4.78 is 25.5. The van der Waals surface area contributed by atoms with Crippen LogP contribution < -0.4 is 0 Å². The Bertz CT molecular complexity index is 948. The maximum absolute atomic E-state index is 13.4. The van der Waals surface area contributed by atoms with E-state index in [9.17, 15) is 4.57 Å². The maximum Gasteiger partial charge on any atom is 0.328 e. The van der Waals surface area contributed by atoms with Gasteiger partial charge in [-0.05, 0) is 74.0 Å². The van der Waals surface area contributed by atoms with Gasteiger partial charge < -0.3 is 9.05 Å². The smallest absolute Gasteiger partial charge is 0.305 e. The Kier molecular flexibility index (Phi) is 9.72. The molecule has 0 aromatic heterocycles. The fourth-order valence-corrected chi connectivity index (χ4v) is 9.57. The largest absolute Gasteiger partial charge is 0.328 e. The lowest BCUT2D eigenvalue weighted by Crippen LogP contribution is -2.54. The molecule has 0 unspecified atom stereocenters. The molecule has 0 bridgehead atoms. The lowest BCUT2D eigenvalue weighted by Gasteiger charge is -2.49. The molecule has 4 aliphatic carbocycles. The summed E-state index contributed by atoms with van der Waals surface area (Å²) >= 11 is 0. The second-order valence-electron chi connectivity index (χ2n) is 17.0. The molecular weight excluding hydrogens is 603 g/mol. The highest BCUT2D eigenvalue weighted by Gasteiger charge is 2.54. The molecule has 6 aliphatic rings. The molecule has 2 heterocycles. The van der Waals surface area contributed by atoms with Crippen molar-refractivity contribution in [2.45, 2.75) is 180 Å². The molecule has 0 aromatic rings. The molecule has 2 saturated heterocycles. The first-order valence-corrected chi connectivity index (χ1v) is 19.4. The topological polar surface area (TPSA) is 109 Å². The van der Waals surface area contributed by atoms with E-state index in [2.05, 4.69) is 41.5 Å². The molecule has 0 aromatic carbocycles. The van der Waals surface area contributed by atoms with E-state index in [0.717, 1.165) is 51.4 Å². The quantitative estimate of drug-likeness (QED) is 0.213. The second-order valence-corrected chi connectivity index (χ2v) is 18.9. The van der Waals surface area contributed by atoms with Gasteiger partial charge in [0.2, 0.25) is 23.1 Å². The summed E-state index contributed by atoms with van der Waals surface area (Å²) in [6.07, 6.45) is 10.9. The summed E-state index contributed by atoms with van der Waals surface area (Å²) in [7, 11) is -3.31. The fraction of sp³-hybridized carbons (Fsp3) is 1.00. The van der Waals surface area contributed by atoms with Crippen molar-refractivity contribution in [1.29, 1.82) is 0 Å². The van der Waals surface area contributed by atoms with Crippen LogP contribution in [0.1, 0.15) is 144 Å². The molecule has 6 fully saturated rings. The summed E-state index contributed by atoms with van der Waals surface area (Å²) in [5.74, 6) is -2.34. The van der Waals surface area contributed by atoms with Gasteiger partial charge in [0.1, 0.15) is 0 Å². The molecule has 11 nitrogen and oxygen atoms in total. The van der Waals surface area contributed by atoms with Crippen LogP contribution in [0.5, 0.6) is 0 Å². The Labute approximate surface area is 269 Å². The number of rotatable bonds is 4. The van der Waals surface area contributed by atoms with E-state index in [1.54, 1.807) is 6.66 Å². The molecule has 0 amide bonds. The monoisotopic (exact) mass is 660 g/mol. The summed E-state index contributed by atoms with van der Waals surface area (Å²) in [5, 5.41) is 0. The van der Waals surface area contributed by atoms with Crippen LogP contribution in [0.2, 0.25) is 0 Å². The molecule has 0 N–H and O–H groups in total. The normalized spacial score (nSPS) is 44.8. The van der Waals surface area contributed by atoms with Crippen molar-refractivity contribution in [1.82, 2.24) is 0 Å². The summed E-state index contributed by atoms with van der Waals surface area (Å²) in [5.41, 5.74) is 0.521. The van der Waals surface area contributed by atoms with Gasteiger partial charge >= 0.3 is 7.60 Å². The molecule has 12 heteroatoms. The Morgan fingerprint density at radius 2 is 0.689 bits per heavy atom. The van der Waals surface area contributed by atoms with E-state index < -0.39 is 30.7 Å².